The molecule has 0 fully saturated rings. The van der Waals surface area contributed by atoms with Gasteiger partial charge < -0.3 is 37.5 Å². The van der Waals surface area contributed by atoms with Crippen molar-refractivity contribution in [2.24, 2.45) is 21.7 Å². The van der Waals surface area contributed by atoms with Gasteiger partial charge in [-0.3, -0.25) is 4.79 Å². The van der Waals surface area contributed by atoms with Crippen LogP contribution in [-0.2, 0) is 9.59 Å². The van der Waals surface area contributed by atoms with Crippen molar-refractivity contribution in [3.05, 3.63) is 36.4 Å². The smallest absolute Gasteiger partial charge is 0.342 e. The van der Waals surface area contributed by atoms with E-state index >= 15 is 0 Å². The van der Waals surface area contributed by atoms with Gasteiger partial charge in [0.25, 0.3) is 0 Å². The van der Waals surface area contributed by atoms with Gasteiger partial charge in [-0.2, -0.15) is 0 Å². The molecule has 9 N–H and O–H groups in total. The normalized spacial score (nSPS) is 13.0. The Morgan fingerprint density at radius 2 is 1.84 bits per heavy atom. The van der Waals surface area contributed by atoms with E-state index in [1.165, 1.54) is 24.3 Å². The third-order valence-corrected chi connectivity index (χ3v) is 4.25. The standard InChI is InChI=1S/C20H27N7O5/c21-10-4-3-5-12(22)19(30)25-17-9-8-14(18(23)24-17)27-26-13-6-1-2-7-16(13)32-20(31)15(29)11-28/h1-2,6-9,12,15,28-29H,3-5,10-11,21-22H2,(H3,23,24,25,30)/t12-,15-/m0/s1. The minimum atomic E-state index is -1.67. The minimum absolute atomic E-state index is 0.00781. The number of ether oxygens (including phenoxy) is 1. The summed E-state index contributed by atoms with van der Waals surface area (Å²) >= 11 is 0. The molecule has 12 heteroatoms. The SMILES string of the molecule is NCCCC[C@H](N)C(=O)Nc1ccc(N=Nc2ccccc2OC(=O)[C@@H](O)CO)c(N)n1. The number of azo groups is 1. The van der Waals surface area contributed by atoms with E-state index in [4.69, 9.17) is 27.0 Å². The van der Waals surface area contributed by atoms with Crippen LogP contribution in [0.3, 0.4) is 0 Å². The molecular weight excluding hydrogens is 418 g/mol. The molecule has 32 heavy (non-hydrogen) atoms. The number of aromatic nitrogens is 1. The van der Waals surface area contributed by atoms with E-state index in [-0.39, 0.29) is 34.7 Å². The molecule has 0 saturated heterocycles. The van der Waals surface area contributed by atoms with E-state index < -0.39 is 24.7 Å². The number of carbonyl (C=O) groups is 2. The Morgan fingerprint density at radius 1 is 1.12 bits per heavy atom. The second-order valence-corrected chi connectivity index (χ2v) is 6.77. The van der Waals surface area contributed by atoms with E-state index in [1.54, 1.807) is 12.1 Å². The number of hydrogen-bond acceptors (Lipinski definition) is 11. The number of nitrogens with zero attached hydrogens (tertiary/aromatic N) is 3. The number of benzene rings is 1. The molecule has 0 bridgehead atoms. The lowest BCUT2D eigenvalue weighted by molar-refractivity contribution is -0.145. The molecule has 1 amide bonds. The Hall–Kier alpha value is -3.45. The van der Waals surface area contributed by atoms with Crippen molar-refractivity contribution in [1.29, 1.82) is 0 Å². The first-order valence-electron chi connectivity index (χ1n) is 9.90. The first-order chi connectivity index (χ1) is 15.3. The van der Waals surface area contributed by atoms with Gasteiger partial charge in [-0.15, -0.1) is 10.2 Å². The highest BCUT2D eigenvalue weighted by molar-refractivity contribution is 5.94. The van der Waals surface area contributed by atoms with Gasteiger partial charge in [0.15, 0.2) is 17.7 Å². The van der Waals surface area contributed by atoms with Gasteiger partial charge in [0.1, 0.15) is 17.2 Å². The van der Waals surface area contributed by atoms with Crippen LogP contribution in [0.15, 0.2) is 46.6 Å². The van der Waals surface area contributed by atoms with Crippen LogP contribution in [0.2, 0.25) is 0 Å². The van der Waals surface area contributed by atoms with Crippen molar-refractivity contribution in [2.75, 3.05) is 24.2 Å². The third kappa shape index (κ3) is 7.35. The number of aliphatic hydroxyl groups excluding tert-OH is 2. The number of para-hydroxylation sites is 1. The van der Waals surface area contributed by atoms with Crippen LogP contribution in [0.1, 0.15) is 19.3 Å². The molecule has 0 spiro atoms. The second-order valence-electron chi connectivity index (χ2n) is 6.77. The number of pyridine rings is 1. The lowest BCUT2D eigenvalue weighted by Crippen LogP contribution is -2.35. The Kier molecular flexibility index (Phi) is 9.63. The monoisotopic (exact) mass is 445 g/mol. The molecule has 0 radical (unpaired) electrons. The molecule has 0 aliphatic carbocycles. The molecule has 2 atom stereocenters. The topological polar surface area (TPSA) is 212 Å². The van der Waals surface area contributed by atoms with E-state index in [0.29, 0.717) is 13.0 Å². The number of nitrogens with one attached hydrogen (secondary N) is 1. The van der Waals surface area contributed by atoms with Crippen molar-refractivity contribution in [3.8, 4) is 5.75 Å². The van der Waals surface area contributed by atoms with Gasteiger partial charge in [-0.25, -0.2) is 9.78 Å². The minimum Gasteiger partial charge on any atom is -0.422 e. The highest BCUT2D eigenvalue weighted by Gasteiger charge is 2.18. The van der Waals surface area contributed by atoms with Crippen LogP contribution < -0.4 is 27.3 Å². The Bertz CT molecular complexity index is 954. The number of unbranched alkanes of at least 4 members (excludes halogenated alkanes) is 1. The largest absolute Gasteiger partial charge is 0.422 e. The predicted molar refractivity (Wildman–Crippen MR) is 118 cm³/mol. The summed E-state index contributed by atoms with van der Waals surface area (Å²) < 4.78 is 5.02. The van der Waals surface area contributed by atoms with Crippen molar-refractivity contribution in [1.82, 2.24) is 4.98 Å². The molecule has 1 aromatic carbocycles. The average molecular weight is 445 g/mol. The van der Waals surface area contributed by atoms with Gasteiger partial charge in [-0.1, -0.05) is 18.6 Å². The maximum atomic E-state index is 12.1. The maximum absolute atomic E-state index is 12.1. The number of esters is 1. The lowest BCUT2D eigenvalue weighted by Gasteiger charge is -2.12. The number of amides is 1. The summed E-state index contributed by atoms with van der Waals surface area (Å²) in [6.07, 6.45) is 0.368. The van der Waals surface area contributed by atoms with Crippen LogP contribution in [0, 0.1) is 0 Å². The maximum Gasteiger partial charge on any atom is 0.342 e. The molecule has 0 aliphatic rings. The fraction of sp³-hybridized carbons (Fsp3) is 0.350. The number of rotatable bonds is 11. The van der Waals surface area contributed by atoms with E-state index in [0.717, 1.165) is 12.8 Å². The van der Waals surface area contributed by atoms with Gasteiger partial charge in [0.05, 0.1) is 12.6 Å². The first kappa shape index (κ1) is 24.8. The summed E-state index contributed by atoms with van der Waals surface area (Å²) in [5.41, 5.74) is 17.6. The molecule has 2 aromatic rings. The number of nitrogens with two attached hydrogens (primary N) is 3. The highest BCUT2D eigenvalue weighted by atomic mass is 16.6. The van der Waals surface area contributed by atoms with Gasteiger partial charge >= 0.3 is 5.97 Å². The fourth-order valence-electron chi connectivity index (χ4n) is 2.47. The van der Waals surface area contributed by atoms with Crippen molar-refractivity contribution < 1.29 is 24.5 Å². The Balaban J connectivity index is 2.07. The van der Waals surface area contributed by atoms with Gasteiger partial charge in [-0.05, 0) is 43.7 Å². The van der Waals surface area contributed by atoms with E-state index in [1.807, 2.05) is 0 Å². The molecule has 1 heterocycles. The molecule has 2 rings (SSSR count). The van der Waals surface area contributed by atoms with Crippen LogP contribution in [0.4, 0.5) is 23.0 Å². The molecule has 0 aliphatic heterocycles. The first-order valence-corrected chi connectivity index (χ1v) is 9.90. The van der Waals surface area contributed by atoms with Crippen molar-refractivity contribution in [3.63, 3.8) is 0 Å². The molecule has 0 unspecified atom stereocenters. The Morgan fingerprint density at radius 3 is 2.53 bits per heavy atom. The number of nitrogen functional groups attached to an aromatic ring is 1. The van der Waals surface area contributed by atoms with Crippen molar-refractivity contribution in [2.45, 2.75) is 31.4 Å². The quantitative estimate of drug-likeness (QED) is 0.124. The van der Waals surface area contributed by atoms with Crippen LogP contribution in [0.5, 0.6) is 5.75 Å². The van der Waals surface area contributed by atoms with Crippen LogP contribution in [0.25, 0.3) is 0 Å². The third-order valence-electron chi connectivity index (χ3n) is 4.25. The molecule has 12 nitrogen and oxygen atoms in total. The summed E-state index contributed by atoms with van der Waals surface area (Å²) in [6, 6.07) is 8.54. The molecule has 0 saturated carbocycles. The summed E-state index contributed by atoms with van der Waals surface area (Å²) in [5.74, 6) is -1.16. The average Bonchev–Trinajstić information content (AvgIpc) is 2.78. The lowest BCUT2D eigenvalue weighted by atomic mass is 10.1. The van der Waals surface area contributed by atoms with E-state index in [2.05, 4.69) is 20.5 Å². The number of aliphatic hydroxyl groups is 2. The number of hydrogen-bond donors (Lipinski definition) is 6. The predicted octanol–water partition coefficient (Wildman–Crippen LogP) is 0.733. The number of carbonyl (C=O) groups excluding carboxylic acids is 2. The Labute approximate surface area is 184 Å². The molecule has 172 valence electrons. The van der Waals surface area contributed by atoms with E-state index in [9.17, 15) is 14.7 Å². The number of anilines is 2. The van der Waals surface area contributed by atoms with Crippen molar-refractivity contribution >= 4 is 34.9 Å². The second kappa shape index (κ2) is 12.4. The highest BCUT2D eigenvalue weighted by Crippen LogP contribution is 2.30. The summed E-state index contributed by atoms with van der Waals surface area (Å²) in [7, 11) is 0. The zero-order chi connectivity index (χ0) is 23.5. The fourth-order valence-corrected chi connectivity index (χ4v) is 2.47. The van der Waals surface area contributed by atoms with Gasteiger partial charge in [0, 0.05) is 0 Å². The summed E-state index contributed by atoms with van der Waals surface area (Å²) in [6.45, 7) is -0.230. The summed E-state index contributed by atoms with van der Waals surface area (Å²) in [4.78, 5) is 27.9. The molecule has 1 aromatic heterocycles. The van der Waals surface area contributed by atoms with Gasteiger partial charge in [0.2, 0.25) is 5.91 Å². The zero-order valence-electron chi connectivity index (χ0n) is 17.3. The molecular formula is C20H27N7O5. The summed E-state index contributed by atoms with van der Waals surface area (Å²) in [5, 5.41) is 28.8. The van der Waals surface area contributed by atoms with Crippen LogP contribution >= 0.6 is 0 Å². The zero-order valence-corrected chi connectivity index (χ0v) is 17.3. The van der Waals surface area contributed by atoms with Crippen LogP contribution in [-0.4, -0.2) is 52.4 Å².